The smallest absolute Gasteiger partial charge is 0.289 e. The maximum absolute atomic E-state index is 15.5. The summed E-state index contributed by atoms with van der Waals surface area (Å²) in [5, 5.41) is 20.8. The van der Waals surface area contributed by atoms with Gasteiger partial charge in [0.25, 0.3) is 11.6 Å². The minimum Gasteiger partial charge on any atom is -0.384 e. The van der Waals surface area contributed by atoms with Gasteiger partial charge in [0, 0.05) is 42.4 Å². The SMILES string of the molecule is COCCc1ccc(-c2ccc(C(=O)N3[C@H]4CC[C@@H]3[C@H](NS(=O)(=O)c3ccccc3[N+](=O)[O-])C4)cc2-c2ccc(C#N)c(F)c2)c(F)c1. The van der Waals surface area contributed by atoms with Crippen LogP contribution in [0.5, 0.6) is 0 Å². The second-order valence-corrected chi connectivity index (χ2v) is 13.5. The topological polar surface area (TPSA) is 143 Å². The van der Waals surface area contributed by atoms with Crippen molar-refractivity contribution in [2.24, 2.45) is 0 Å². The number of hydrogen-bond acceptors (Lipinski definition) is 7. The van der Waals surface area contributed by atoms with E-state index in [9.17, 15) is 33.0 Å². The number of para-hydroxylation sites is 1. The zero-order valence-electron chi connectivity index (χ0n) is 25.7. The molecule has 2 aliphatic heterocycles. The maximum atomic E-state index is 15.5. The van der Waals surface area contributed by atoms with Crippen molar-refractivity contribution in [1.82, 2.24) is 9.62 Å². The van der Waals surface area contributed by atoms with Gasteiger partial charge in [0.1, 0.15) is 17.7 Å². The Morgan fingerprint density at radius 2 is 1.79 bits per heavy atom. The Morgan fingerprint density at radius 1 is 1.02 bits per heavy atom. The molecule has 4 aromatic rings. The van der Waals surface area contributed by atoms with E-state index in [0.717, 1.165) is 11.6 Å². The Kier molecular flexibility index (Phi) is 9.07. The molecule has 6 rings (SSSR count). The zero-order valence-corrected chi connectivity index (χ0v) is 26.5. The number of benzene rings is 4. The highest BCUT2D eigenvalue weighted by Gasteiger charge is 2.50. The molecule has 4 aromatic carbocycles. The van der Waals surface area contributed by atoms with Gasteiger partial charge in [0.15, 0.2) is 4.90 Å². The van der Waals surface area contributed by atoms with Crippen molar-refractivity contribution in [3.05, 3.63) is 117 Å². The van der Waals surface area contributed by atoms with E-state index in [0.29, 0.717) is 49.0 Å². The molecule has 0 radical (unpaired) electrons. The van der Waals surface area contributed by atoms with E-state index in [1.165, 1.54) is 42.5 Å². The largest absolute Gasteiger partial charge is 0.384 e. The number of carbonyl (C=O) groups is 1. The third-order valence-corrected chi connectivity index (χ3v) is 10.6. The van der Waals surface area contributed by atoms with Gasteiger partial charge in [-0.25, -0.2) is 21.9 Å². The number of nitriles is 1. The molecule has 1 N–H and O–H groups in total. The standard InChI is InChI=1S/C35H30F2N4O6S/c1-47-15-14-21-6-11-27(30(37)16-21)26-12-9-23(17-28(26)22-7-8-24(20-38)29(36)18-22)35(42)40-25-10-13-32(40)31(19-25)39-48(45,46)34-5-3-2-4-33(34)41(43)44/h2-9,11-12,16-18,25,31-32,39H,10,13-15,19H2,1H3/t25-,31+,32+/m0/s1. The number of ether oxygens (including phenoxy) is 1. The molecule has 0 spiro atoms. The second kappa shape index (κ2) is 13.2. The Bertz CT molecular complexity index is 2080. The van der Waals surface area contributed by atoms with Gasteiger partial charge in [-0.15, -0.1) is 0 Å². The minimum absolute atomic E-state index is 0.163. The number of hydrogen-bond donors (Lipinski definition) is 1. The number of nitrogens with one attached hydrogen (secondary N) is 1. The fourth-order valence-electron chi connectivity index (χ4n) is 6.76. The van der Waals surface area contributed by atoms with Crippen LogP contribution in [0.4, 0.5) is 14.5 Å². The van der Waals surface area contributed by atoms with E-state index in [1.807, 2.05) is 0 Å². The fraction of sp³-hybridized carbons (Fsp3) is 0.257. The van der Waals surface area contributed by atoms with Gasteiger partial charge in [0.2, 0.25) is 10.0 Å². The summed E-state index contributed by atoms with van der Waals surface area (Å²) in [7, 11) is -2.73. The van der Waals surface area contributed by atoms with Crippen LogP contribution in [0.2, 0.25) is 0 Å². The van der Waals surface area contributed by atoms with E-state index in [4.69, 9.17) is 4.74 Å². The highest BCUT2D eigenvalue weighted by molar-refractivity contribution is 7.89. The lowest BCUT2D eigenvalue weighted by atomic mass is 9.91. The molecule has 0 aliphatic carbocycles. The van der Waals surface area contributed by atoms with Crippen molar-refractivity contribution >= 4 is 21.6 Å². The summed E-state index contributed by atoms with van der Waals surface area (Å²) in [6.07, 6.45) is 1.99. The molecule has 48 heavy (non-hydrogen) atoms. The molecule has 2 saturated heterocycles. The summed E-state index contributed by atoms with van der Waals surface area (Å²) in [5.74, 6) is -1.66. The lowest BCUT2D eigenvalue weighted by Gasteiger charge is -2.25. The zero-order chi connectivity index (χ0) is 34.2. The Balaban J connectivity index is 1.34. The first-order valence-electron chi connectivity index (χ1n) is 15.2. The average Bonchev–Trinajstić information content (AvgIpc) is 3.64. The number of nitro groups is 1. The minimum atomic E-state index is -4.29. The maximum Gasteiger partial charge on any atom is 0.289 e. The first kappa shape index (κ1) is 32.9. The highest BCUT2D eigenvalue weighted by atomic mass is 32.2. The summed E-state index contributed by atoms with van der Waals surface area (Å²) in [5.41, 5.74) is 1.60. The van der Waals surface area contributed by atoms with Crippen LogP contribution in [0.1, 0.15) is 40.7 Å². The van der Waals surface area contributed by atoms with Gasteiger partial charge in [-0.05, 0) is 84.3 Å². The molecule has 3 atom stereocenters. The van der Waals surface area contributed by atoms with Crippen molar-refractivity contribution in [2.45, 2.75) is 48.7 Å². The number of carbonyl (C=O) groups excluding carboxylic acids is 1. The van der Waals surface area contributed by atoms with E-state index in [-0.39, 0.29) is 28.6 Å². The summed E-state index contributed by atoms with van der Waals surface area (Å²) < 4.78 is 64.6. The van der Waals surface area contributed by atoms with Gasteiger partial charge >= 0.3 is 0 Å². The van der Waals surface area contributed by atoms with Gasteiger partial charge in [0.05, 0.1) is 17.1 Å². The van der Waals surface area contributed by atoms with Gasteiger partial charge < -0.3 is 9.64 Å². The van der Waals surface area contributed by atoms with Gasteiger partial charge in [-0.1, -0.05) is 36.4 Å². The first-order valence-corrected chi connectivity index (χ1v) is 16.7. The molecule has 0 saturated carbocycles. The second-order valence-electron chi connectivity index (χ2n) is 11.8. The van der Waals surface area contributed by atoms with E-state index in [2.05, 4.69) is 4.72 Å². The fourth-order valence-corrected chi connectivity index (χ4v) is 8.21. The highest BCUT2D eigenvalue weighted by Crippen LogP contribution is 2.41. The molecule has 0 unspecified atom stereocenters. The third kappa shape index (κ3) is 6.17. The van der Waals surface area contributed by atoms with Crippen LogP contribution < -0.4 is 4.72 Å². The van der Waals surface area contributed by atoms with Crippen molar-refractivity contribution in [3.63, 3.8) is 0 Å². The number of fused-ring (bicyclic) bond motifs is 2. The van der Waals surface area contributed by atoms with Crippen LogP contribution >= 0.6 is 0 Å². The van der Waals surface area contributed by atoms with E-state index < -0.39 is 49.2 Å². The lowest BCUT2D eigenvalue weighted by Crippen LogP contribution is -2.45. The summed E-state index contributed by atoms with van der Waals surface area (Å²) >= 11 is 0. The van der Waals surface area contributed by atoms with Crippen LogP contribution in [0.3, 0.4) is 0 Å². The molecule has 13 heteroatoms. The lowest BCUT2D eigenvalue weighted by molar-refractivity contribution is -0.387. The number of nitro benzene ring substituents is 1. The van der Waals surface area contributed by atoms with Gasteiger partial charge in [-0.3, -0.25) is 14.9 Å². The molecule has 2 heterocycles. The number of nitrogens with zero attached hydrogens (tertiary/aromatic N) is 3. The van der Waals surface area contributed by atoms with Crippen LogP contribution in [-0.4, -0.2) is 56.0 Å². The summed E-state index contributed by atoms with van der Waals surface area (Å²) in [6, 6.07) is 18.9. The quantitative estimate of drug-likeness (QED) is 0.161. The number of amides is 1. The van der Waals surface area contributed by atoms with Crippen LogP contribution in [-0.2, 0) is 21.2 Å². The Labute approximate surface area is 275 Å². The molecule has 0 aromatic heterocycles. The predicted octanol–water partition coefficient (Wildman–Crippen LogP) is 5.99. The molecule has 2 fully saturated rings. The summed E-state index contributed by atoms with van der Waals surface area (Å²) in [4.78, 5) is 26.0. The number of halogens is 2. The Hall–Kier alpha value is -5.03. The van der Waals surface area contributed by atoms with Crippen LogP contribution in [0.15, 0.2) is 83.8 Å². The molecule has 10 nitrogen and oxygen atoms in total. The first-order chi connectivity index (χ1) is 23.0. The van der Waals surface area contributed by atoms with Crippen molar-refractivity contribution in [1.29, 1.82) is 5.26 Å². The number of methoxy groups -OCH3 is 1. The van der Waals surface area contributed by atoms with Crippen LogP contribution in [0.25, 0.3) is 22.3 Å². The van der Waals surface area contributed by atoms with Crippen molar-refractivity contribution < 1.29 is 31.7 Å². The van der Waals surface area contributed by atoms with Crippen molar-refractivity contribution in [3.8, 4) is 28.3 Å². The van der Waals surface area contributed by atoms with Gasteiger partial charge in [-0.2, -0.15) is 5.26 Å². The van der Waals surface area contributed by atoms with E-state index in [1.54, 1.807) is 48.4 Å². The van der Waals surface area contributed by atoms with Crippen LogP contribution in [0, 0.1) is 33.1 Å². The Morgan fingerprint density at radius 3 is 2.50 bits per heavy atom. The van der Waals surface area contributed by atoms with Crippen molar-refractivity contribution in [2.75, 3.05) is 13.7 Å². The average molecular weight is 673 g/mol. The molecule has 1 amide bonds. The molecule has 2 aliphatic rings. The number of sulfonamides is 1. The molecule has 2 bridgehead atoms. The van der Waals surface area contributed by atoms with E-state index >= 15 is 4.39 Å². The predicted molar refractivity (Wildman–Crippen MR) is 172 cm³/mol. The molecular weight excluding hydrogens is 642 g/mol. The third-order valence-electron chi connectivity index (χ3n) is 9.01. The summed E-state index contributed by atoms with van der Waals surface area (Å²) in [6.45, 7) is 0.415. The molecular formula is C35H30F2N4O6S. The monoisotopic (exact) mass is 672 g/mol. The number of rotatable bonds is 10. The normalized spacial score (nSPS) is 18.5. The molecule has 246 valence electrons.